The molecule has 1 aliphatic carbocycles. The standard InChI is InChI=1S/C10H16N2O2S2/c1-11-7-9-10(4-5-15-9)16(13,14)12-6-8-2-3-8/h4-5,8,11-12H,2-3,6-7H2,1H3. The molecule has 4 nitrogen and oxygen atoms in total. The summed E-state index contributed by atoms with van der Waals surface area (Å²) in [6, 6.07) is 1.67. The molecule has 0 aromatic carbocycles. The summed E-state index contributed by atoms with van der Waals surface area (Å²) in [5, 5.41) is 4.80. The highest BCUT2D eigenvalue weighted by molar-refractivity contribution is 7.89. The molecule has 0 radical (unpaired) electrons. The Balaban J connectivity index is 2.10. The van der Waals surface area contributed by atoms with E-state index in [4.69, 9.17) is 0 Å². The van der Waals surface area contributed by atoms with E-state index >= 15 is 0 Å². The predicted octanol–water partition coefficient (Wildman–Crippen LogP) is 1.16. The molecule has 0 atom stereocenters. The largest absolute Gasteiger partial charge is 0.315 e. The van der Waals surface area contributed by atoms with Crippen LogP contribution in [0.5, 0.6) is 0 Å². The molecule has 0 bridgehead atoms. The Kier molecular flexibility index (Phi) is 3.63. The van der Waals surface area contributed by atoms with Crippen LogP contribution in [0, 0.1) is 5.92 Å². The topological polar surface area (TPSA) is 58.2 Å². The first-order chi connectivity index (χ1) is 7.63. The SMILES string of the molecule is CNCc1sccc1S(=O)(=O)NCC1CC1. The molecule has 1 saturated carbocycles. The van der Waals surface area contributed by atoms with Crippen molar-refractivity contribution in [1.82, 2.24) is 10.0 Å². The van der Waals surface area contributed by atoms with Crippen LogP contribution < -0.4 is 10.0 Å². The molecule has 1 aliphatic rings. The summed E-state index contributed by atoms with van der Waals surface area (Å²) >= 11 is 1.47. The Morgan fingerprint density at radius 2 is 2.25 bits per heavy atom. The first-order valence-corrected chi connectivity index (χ1v) is 7.70. The van der Waals surface area contributed by atoms with Crippen molar-refractivity contribution >= 4 is 21.4 Å². The summed E-state index contributed by atoms with van der Waals surface area (Å²) in [7, 11) is -1.49. The molecule has 1 aromatic heterocycles. The van der Waals surface area contributed by atoms with Gasteiger partial charge < -0.3 is 5.32 Å². The molecule has 0 amide bonds. The number of nitrogens with one attached hydrogen (secondary N) is 2. The zero-order valence-electron chi connectivity index (χ0n) is 9.19. The molecule has 90 valence electrons. The molecule has 0 saturated heterocycles. The van der Waals surface area contributed by atoms with Crippen LogP contribution in [0.2, 0.25) is 0 Å². The van der Waals surface area contributed by atoms with Gasteiger partial charge in [0.05, 0.1) is 4.90 Å². The van der Waals surface area contributed by atoms with Gasteiger partial charge in [-0.2, -0.15) is 0 Å². The molecule has 2 N–H and O–H groups in total. The minimum Gasteiger partial charge on any atom is -0.315 e. The van der Waals surface area contributed by atoms with Gasteiger partial charge in [0.2, 0.25) is 10.0 Å². The smallest absolute Gasteiger partial charge is 0.241 e. The number of hydrogen-bond donors (Lipinski definition) is 2. The minimum absolute atomic E-state index is 0.424. The van der Waals surface area contributed by atoms with Crippen LogP contribution in [0.25, 0.3) is 0 Å². The Bertz CT molecular complexity index is 449. The molecule has 2 rings (SSSR count). The Labute approximate surface area is 100 Å². The quantitative estimate of drug-likeness (QED) is 0.807. The van der Waals surface area contributed by atoms with Gasteiger partial charge in [-0.15, -0.1) is 11.3 Å². The van der Waals surface area contributed by atoms with Crippen LogP contribution in [0.4, 0.5) is 0 Å². The van der Waals surface area contributed by atoms with E-state index in [0.29, 0.717) is 23.9 Å². The molecule has 6 heteroatoms. The molecule has 16 heavy (non-hydrogen) atoms. The molecule has 1 fully saturated rings. The first-order valence-electron chi connectivity index (χ1n) is 5.34. The van der Waals surface area contributed by atoms with E-state index in [2.05, 4.69) is 10.0 Å². The number of rotatable bonds is 6. The molecular weight excluding hydrogens is 244 g/mol. The second-order valence-electron chi connectivity index (χ2n) is 4.03. The Morgan fingerprint density at radius 1 is 1.50 bits per heavy atom. The van der Waals surface area contributed by atoms with Crippen molar-refractivity contribution in [2.24, 2.45) is 5.92 Å². The maximum absolute atomic E-state index is 12.0. The highest BCUT2D eigenvalue weighted by Gasteiger charge is 2.25. The lowest BCUT2D eigenvalue weighted by Crippen LogP contribution is -2.26. The van der Waals surface area contributed by atoms with E-state index in [9.17, 15) is 8.42 Å². The first kappa shape index (κ1) is 12.0. The molecule has 0 aliphatic heterocycles. The Morgan fingerprint density at radius 3 is 2.88 bits per heavy atom. The van der Waals surface area contributed by atoms with E-state index in [1.165, 1.54) is 11.3 Å². The lowest BCUT2D eigenvalue weighted by Gasteiger charge is -2.06. The molecule has 1 aromatic rings. The van der Waals surface area contributed by atoms with E-state index in [1.807, 2.05) is 12.4 Å². The van der Waals surface area contributed by atoms with Gasteiger partial charge in [-0.1, -0.05) is 0 Å². The van der Waals surface area contributed by atoms with Gasteiger partial charge in [-0.3, -0.25) is 0 Å². The lowest BCUT2D eigenvalue weighted by atomic mass is 10.4. The summed E-state index contributed by atoms with van der Waals surface area (Å²) in [6.07, 6.45) is 2.30. The summed E-state index contributed by atoms with van der Waals surface area (Å²) in [5.74, 6) is 0.557. The van der Waals surface area contributed by atoms with Crippen LogP contribution >= 0.6 is 11.3 Å². The second-order valence-corrected chi connectivity index (χ2v) is 6.77. The monoisotopic (exact) mass is 260 g/mol. The van der Waals surface area contributed by atoms with Gasteiger partial charge in [0.1, 0.15) is 0 Å². The van der Waals surface area contributed by atoms with Crippen molar-refractivity contribution < 1.29 is 8.42 Å². The highest BCUT2D eigenvalue weighted by Crippen LogP contribution is 2.29. The average molecular weight is 260 g/mol. The van der Waals surface area contributed by atoms with Crippen molar-refractivity contribution in [3.63, 3.8) is 0 Å². The molecular formula is C10H16N2O2S2. The van der Waals surface area contributed by atoms with Gasteiger partial charge in [0.25, 0.3) is 0 Å². The Hall–Kier alpha value is -0.430. The van der Waals surface area contributed by atoms with E-state index in [-0.39, 0.29) is 0 Å². The van der Waals surface area contributed by atoms with Gasteiger partial charge >= 0.3 is 0 Å². The zero-order chi connectivity index (χ0) is 11.6. The minimum atomic E-state index is -3.30. The fraction of sp³-hybridized carbons (Fsp3) is 0.600. The number of sulfonamides is 1. The van der Waals surface area contributed by atoms with Gasteiger partial charge in [0.15, 0.2) is 0 Å². The number of hydrogen-bond acceptors (Lipinski definition) is 4. The highest BCUT2D eigenvalue weighted by atomic mass is 32.2. The zero-order valence-corrected chi connectivity index (χ0v) is 10.8. The van der Waals surface area contributed by atoms with Crippen molar-refractivity contribution in [2.75, 3.05) is 13.6 Å². The van der Waals surface area contributed by atoms with E-state index in [1.54, 1.807) is 6.07 Å². The summed E-state index contributed by atoms with van der Waals surface area (Å²) in [5.41, 5.74) is 0. The van der Waals surface area contributed by atoms with Crippen molar-refractivity contribution in [1.29, 1.82) is 0 Å². The van der Waals surface area contributed by atoms with Crippen LogP contribution in [-0.2, 0) is 16.6 Å². The van der Waals surface area contributed by atoms with Crippen molar-refractivity contribution in [2.45, 2.75) is 24.3 Å². The average Bonchev–Trinajstić information content (AvgIpc) is 2.95. The second kappa shape index (κ2) is 4.83. The van der Waals surface area contributed by atoms with Crippen LogP contribution in [0.3, 0.4) is 0 Å². The maximum atomic E-state index is 12.0. The lowest BCUT2D eigenvalue weighted by molar-refractivity contribution is 0.576. The maximum Gasteiger partial charge on any atom is 0.241 e. The normalized spacial score (nSPS) is 16.6. The van der Waals surface area contributed by atoms with Crippen LogP contribution in [0.1, 0.15) is 17.7 Å². The predicted molar refractivity (Wildman–Crippen MR) is 65.0 cm³/mol. The fourth-order valence-corrected chi connectivity index (χ4v) is 4.05. The van der Waals surface area contributed by atoms with Gasteiger partial charge in [-0.25, -0.2) is 13.1 Å². The molecule has 0 unspecified atom stereocenters. The third-order valence-corrected chi connectivity index (χ3v) is 5.15. The van der Waals surface area contributed by atoms with Crippen molar-refractivity contribution in [3.05, 3.63) is 16.3 Å². The molecule has 0 spiro atoms. The third kappa shape index (κ3) is 2.82. The third-order valence-electron chi connectivity index (χ3n) is 2.59. The van der Waals surface area contributed by atoms with Crippen LogP contribution in [-0.4, -0.2) is 22.0 Å². The van der Waals surface area contributed by atoms with Crippen LogP contribution in [0.15, 0.2) is 16.3 Å². The van der Waals surface area contributed by atoms with E-state index < -0.39 is 10.0 Å². The van der Waals surface area contributed by atoms with Gasteiger partial charge in [-0.05, 0) is 37.3 Å². The van der Waals surface area contributed by atoms with Crippen molar-refractivity contribution in [3.8, 4) is 0 Å². The summed E-state index contributed by atoms with van der Waals surface area (Å²) in [4.78, 5) is 1.29. The summed E-state index contributed by atoms with van der Waals surface area (Å²) in [6.45, 7) is 1.18. The van der Waals surface area contributed by atoms with E-state index in [0.717, 1.165) is 17.7 Å². The van der Waals surface area contributed by atoms with Gasteiger partial charge in [0, 0.05) is 18.0 Å². The fourth-order valence-electron chi connectivity index (χ4n) is 1.49. The summed E-state index contributed by atoms with van der Waals surface area (Å²) < 4.78 is 26.7. The molecule has 1 heterocycles. The number of thiophene rings is 1.